The Balaban J connectivity index is 4.56. The Bertz CT molecular complexity index is 2910. The number of rotatable bonds is 85. The van der Waals surface area contributed by atoms with Crippen molar-refractivity contribution in [2.75, 3.05) is 39.6 Å². The quantitative estimate of drug-likeness (QED) is 0.0146. The highest BCUT2D eigenvalue weighted by Crippen LogP contribution is 2.45. The molecule has 0 aliphatic rings. The molecule has 0 fully saturated rings. The lowest BCUT2D eigenvalue weighted by molar-refractivity contribution is -0.161. The second-order valence-corrected chi connectivity index (χ2v) is 32.9. The van der Waals surface area contributed by atoms with Gasteiger partial charge in [-0.25, -0.2) is 9.13 Å². The van der Waals surface area contributed by atoms with E-state index in [2.05, 4.69) is 197 Å². The summed E-state index contributed by atoms with van der Waals surface area (Å²) < 4.78 is 61.3. The molecule has 0 rings (SSSR count). The first-order valence-electron chi connectivity index (χ1n) is 45.7. The van der Waals surface area contributed by atoms with Crippen LogP contribution in [0.5, 0.6) is 0 Å². The fourth-order valence-electron chi connectivity index (χ4n) is 11.9. The minimum absolute atomic E-state index is 0.0267. The molecule has 0 saturated heterocycles. The number of unbranched alkanes of at least 4 members (excludes halogenated alkanes) is 30. The van der Waals surface area contributed by atoms with Gasteiger partial charge in [-0.1, -0.05) is 376 Å². The second kappa shape index (κ2) is 89.6. The number of carbonyl (C=O) groups is 3. The van der Waals surface area contributed by atoms with Gasteiger partial charge in [0, 0.05) is 19.3 Å². The van der Waals surface area contributed by atoms with Gasteiger partial charge in [0.2, 0.25) is 0 Å². The van der Waals surface area contributed by atoms with Crippen molar-refractivity contribution >= 4 is 33.6 Å². The Labute approximate surface area is 712 Å². The number of aliphatic hydroxyl groups excluding tert-OH is 2. The summed E-state index contributed by atoms with van der Waals surface area (Å²) in [4.78, 5) is 58.9. The van der Waals surface area contributed by atoms with Gasteiger partial charge in [-0.3, -0.25) is 32.5 Å². The number of aliphatic hydroxyl groups is 2. The number of allylic oxidation sites excluding steroid dienone is 32. The zero-order chi connectivity index (χ0) is 85.1. The van der Waals surface area contributed by atoms with Crippen LogP contribution in [0.1, 0.15) is 355 Å². The van der Waals surface area contributed by atoms with Gasteiger partial charge in [0.15, 0.2) is 6.10 Å². The van der Waals surface area contributed by atoms with Gasteiger partial charge in [0.25, 0.3) is 0 Å². The van der Waals surface area contributed by atoms with Crippen molar-refractivity contribution in [1.82, 2.24) is 0 Å². The summed E-state index contributed by atoms with van der Waals surface area (Å²) in [6, 6.07) is 0. The van der Waals surface area contributed by atoms with Crippen LogP contribution in [0.25, 0.3) is 0 Å². The summed E-state index contributed by atoms with van der Waals surface area (Å²) in [7, 11) is -9.84. The van der Waals surface area contributed by atoms with E-state index in [1.807, 2.05) is 18.2 Å². The molecule has 0 saturated carbocycles. The van der Waals surface area contributed by atoms with Gasteiger partial charge in [-0.05, 0) is 154 Å². The molecule has 0 bridgehead atoms. The van der Waals surface area contributed by atoms with Gasteiger partial charge in [-0.15, -0.1) is 0 Å². The predicted molar refractivity (Wildman–Crippen MR) is 491 cm³/mol. The maximum atomic E-state index is 13.0. The zero-order valence-electron chi connectivity index (χ0n) is 73.3. The number of carbonyl (C=O) groups excluding carboxylic acids is 3. The smallest absolute Gasteiger partial charge is 0.463 e. The first-order valence-corrected chi connectivity index (χ1v) is 48.7. The van der Waals surface area contributed by atoms with E-state index < -0.39 is 91.5 Å². The third kappa shape index (κ3) is 91.0. The summed E-state index contributed by atoms with van der Waals surface area (Å²) in [6.07, 6.45) is 119. The first-order chi connectivity index (χ1) is 57.2. The highest BCUT2D eigenvalue weighted by Gasteiger charge is 2.29. The molecular weight excluding hydrogens is 1510 g/mol. The number of hydrogen-bond acceptors (Lipinski definition) is 14. The molecule has 117 heavy (non-hydrogen) atoms. The molecule has 0 aliphatic heterocycles. The molecule has 666 valence electrons. The van der Waals surface area contributed by atoms with E-state index in [4.69, 9.17) is 32.3 Å². The summed E-state index contributed by atoms with van der Waals surface area (Å²) in [5, 5.41) is 20.7. The van der Waals surface area contributed by atoms with Gasteiger partial charge >= 0.3 is 33.6 Å². The van der Waals surface area contributed by atoms with Crippen LogP contribution in [0.4, 0.5) is 0 Å². The Morgan fingerprint density at radius 2 is 0.470 bits per heavy atom. The lowest BCUT2D eigenvalue weighted by Crippen LogP contribution is -2.29. The summed E-state index contributed by atoms with van der Waals surface area (Å²) in [6.45, 7) is 2.35. The summed E-state index contributed by atoms with van der Waals surface area (Å²) in [5.41, 5.74) is 0. The number of hydrogen-bond donors (Lipinski definition) is 4. The topological polar surface area (TPSA) is 231 Å². The number of ether oxygens (including phenoxy) is 3. The molecular formula is C99H164O16P2. The Morgan fingerprint density at radius 3 is 0.752 bits per heavy atom. The highest BCUT2D eigenvalue weighted by molar-refractivity contribution is 7.47. The van der Waals surface area contributed by atoms with Crippen molar-refractivity contribution in [2.24, 2.45) is 0 Å². The lowest BCUT2D eigenvalue weighted by atomic mass is 10.0. The highest BCUT2D eigenvalue weighted by atomic mass is 31.2. The zero-order valence-corrected chi connectivity index (χ0v) is 75.1. The Hall–Kier alpha value is -5.61. The third-order valence-electron chi connectivity index (χ3n) is 18.8. The Kier molecular flexibility index (Phi) is 85.3. The first kappa shape index (κ1) is 111. The van der Waals surface area contributed by atoms with Crippen molar-refractivity contribution < 1.29 is 75.8 Å². The predicted octanol–water partition coefficient (Wildman–Crippen LogP) is 28.2. The van der Waals surface area contributed by atoms with Crippen LogP contribution in [0, 0.1) is 0 Å². The average Bonchev–Trinajstić information content (AvgIpc) is 0.904. The maximum Gasteiger partial charge on any atom is 0.472 e. The number of phosphoric ester groups is 2. The van der Waals surface area contributed by atoms with Crippen molar-refractivity contribution in [3.05, 3.63) is 194 Å². The van der Waals surface area contributed by atoms with Crippen molar-refractivity contribution in [3.8, 4) is 0 Å². The fourth-order valence-corrected chi connectivity index (χ4v) is 13.5. The van der Waals surface area contributed by atoms with E-state index in [1.165, 1.54) is 148 Å². The number of esters is 3. The van der Waals surface area contributed by atoms with Crippen molar-refractivity contribution in [2.45, 2.75) is 373 Å². The molecule has 0 aromatic heterocycles. The van der Waals surface area contributed by atoms with E-state index in [0.29, 0.717) is 25.7 Å². The molecule has 0 radical (unpaired) electrons. The van der Waals surface area contributed by atoms with Crippen molar-refractivity contribution in [1.29, 1.82) is 0 Å². The molecule has 0 heterocycles. The van der Waals surface area contributed by atoms with E-state index in [-0.39, 0.29) is 19.3 Å². The van der Waals surface area contributed by atoms with Crippen LogP contribution < -0.4 is 0 Å². The van der Waals surface area contributed by atoms with Crippen LogP contribution in [-0.2, 0) is 55.8 Å². The van der Waals surface area contributed by atoms with Crippen molar-refractivity contribution in [3.63, 3.8) is 0 Å². The third-order valence-corrected chi connectivity index (χ3v) is 20.7. The standard InChI is InChI=1S/C99H164O16P2/c1-4-7-10-13-16-19-22-25-28-31-34-36-38-40-42-43-44-45-46-47-48-49-51-53-54-56-59-61-64-67-70-73-76-79-82-85-97(102)109-88-94(100)89-111-116(105,106)112-90-95(101)91-113-117(107,108)114-93-96(115-99(104)87-84-81-78-75-72-69-66-63-58-33-30-27-24-21-18-15-12-9-6-3)92-110-98(103)86-83-80-77-74-71-68-65-62-60-57-55-52-50-41-39-37-35-32-29-26-23-20-17-14-11-8-5-2/h7,9-10,12,16-21,25-30,34-37,40-42,44-45,50,58,63,69,72,78,81,94-96,100-101H,4-6,8,11,13-15,22-24,31-33,38-39,43,46-49,51-57,59-62,64-68,70-71,73-77,79-80,82-93H2,1-3H3,(H,105,106)(H,107,108)/b10-7-,12-9-,19-16-,20-17-,21-18-,28-25-,29-26-,30-27-,36-34-,37-35-,42-40-,45-44-,50-41-,63-58-,72-69-,81-78-. The largest absolute Gasteiger partial charge is 0.472 e. The molecule has 0 aliphatic carbocycles. The summed E-state index contributed by atoms with van der Waals surface area (Å²) in [5.74, 6) is -1.68. The Morgan fingerprint density at radius 1 is 0.248 bits per heavy atom. The molecule has 16 nitrogen and oxygen atoms in total. The molecule has 18 heteroatoms. The molecule has 0 aromatic carbocycles. The van der Waals surface area contributed by atoms with E-state index in [1.54, 1.807) is 0 Å². The monoisotopic (exact) mass is 1670 g/mol. The van der Waals surface area contributed by atoms with Crippen LogP contribution >= 0.6 is 15.6 Å². The van der Waals surface area contributed by atoms with Gasteiger partial charge in [-0.2, -0.15) is 0 Å². The molecule has 4 N–H and O–H groups in total. The minimum atomic E-state index is -4.97. The minimum Gasteiger partial charge on any atom is -0.463 e. The van der Waals surface area contributed by atoms with Crippen LogP contribution in [0.2, 0.25) is 0 Å². The van der Waals surface area contributed by atoms with E-state index in [9.17, 15) is 43.5 Å². The van der Waals surface area contributed by atoms with Gasteiger partial charge < -0.3 is 34.2 Å². The number of phosphoric acid groups is 2. The van der Waals surface area contributed by atoms with E-state index in [0.717, 1.165) is 141 Å². The lowest BCUT2D eigenvalue weighted by Gasteiger charge is -2.21. The van der Waals surface area contributed by atoms with Gasteiger partial charge in [0.05, 0.1) is 26.4 Å². The second-order valence-electron chi connectivity index (χ2n) is 30.0. The summed E-state index contributed by atoms with van der Waals surface area (Å²) >= 11 is 0. The maximum absolute atomic E-state index is 13.0. The van der Waals surface area contributed by atoms with Crippen LogP contribution in [-0.4, -0.2) is 95.9 Å². The molecule has 5 unspecified atom stereocenters. The molecule has 5 atom stereocenters. The van der Waals surface area contributed by atoms with Gasteiger partial charge in [0.1, 0.15) is 25.4 Å². The van der Waals surface area contributed by atoms with Crippen LogP contribution in [0.15, 0.2) is 194 Å². The van der Waals surface area contributed by atoms with E-state index >= 15 is 0 Å². The van der Waals surface area contributed by atoms with Crippen LogP contribution in [0.3, 0.4) is 0 Å². The SMILES string of the molecule is CC/C=C\C/C=C\C/C=C\C/C=C\C/C=C\C/C=C\CCCCCCCCCCCCCCCCCCC(=O)OCC(O)COP(=O)(O)OCC(O)COP(=O)(O)OCC(COC(=O)CCCCCCCCCCCCC/C=C\C/C=C\C/C=C\C/C=C\CCCCC)OC(=O)CC/C=C\C/C=C\C/C=C\C/C=C\C/C=C\C/C=C\CC. The fraction of sp³-hybridized carbons (Fsp3) is 0.646. The average molecular weight is 1670 g/mol. The molecule has 0 spiro atoms. The normalized spacial score (nSPS) is 14.7. The molecule has 0 aromatic rings. The molecule has 0 amide bonds.